The van der Waals surface area contributed by atoms with E-state index in [1.54, 1.807) is 5.57 Å². The van der Waals surface area contributed by atoms with Gasteiger partial charge in [0.25, 0.3) is 0 Å². The lowest BCUT2D eigenvalue weighted by atomic mass is 9.72. The van der Waals surface area contributed by atoms with E-state index in [2.05, 4.69) is 121 Å². The molecule has 2 aliphatic carbocycles. The maximum absolute atomic E-state index is 3.98. The normalized spacial score (nSPS) is 22.1. The third-order valence-corrected chi connectivity index (χ3v) is 8.08. The molecule has 1 heteroatoms. The smallest absolute Gasteiger partial charge is 0.0429 e. The van der Waals surface area contributed by atoms with Gasteiger partial charge in [-0.25, -0.2) is 0 Å². The van der Waals surface area contributed by atoms with Crippen LogP contribution in [-0.2, 0) is 0 Å². The predicted octanol–water partition coefficient (Wildman–Crippen LogP) is 10.2. The number of nitrogens with one attached hydrogen (secondary N) is 1. The molecule has 2 aliphatic rings. The van der Waals surface area contributed by atoms with Crippen LogP contribution in [0.25, 0.3) is 0 Å². The minimum Gasteiger partial charge on any atom is -0.307 e. The summed E-state index contributed by atoms with van der Waals surface area (Å²) in [6.07, 6.45) is 34.0. The minimum absolute atomic E-state index is 0.140. The summed E-state index contributed by atoms with van der Waals surface area (Å²) in [6.45, 7) is 21.1. The Labute approximate surface area is 229 Å². The SMILES string of the molecule is C=C/C=C\C=C(\C1=CCC=C(CC/C=C\CC)C1)C(C)C(C)(NCCC)/C(C)=C\C(C)C1=CC(C)C=C1. The third kappa shape index (κ3) is 9.15. The fourth-order valence-electron chi connectivity index (χ4n) is 5.44. The van der Waals surface area contributed by atoms with Crippen LogP contribution in [0, 0.1) is 17.8 Å². The molecule has 202 valence electrons. The zero-order valence-electron chi connectivity index (χ0n) is 24.8. The van der Waals surface area contributed by atoms with Crippen LogP contribution in [0.2, 0.25) is 0 Å². The van der Waals surface area contributed by atoms with Crippen molar-refractivity contribution in [1.82, 2.24) is 5.32 Å². The second-order valence-corrected chi connectivity index (χ2v) is 11.0. The highest BCUT2D eigenvalue weighted by molar-refractivity contribution is 5.45. The summed E-state index contributed by atoms with van der Waals surface area (Å²) in [4.78, 5) is 0. The standard InChI is InChI=1S/C36H53N/c1-9-12-14-16-18-32-19-17-20-34(27-32)35(21-15-13-10-2)31(7)36(8,37-24-11-3)30(6)26-29(5)33-23-22-28(4)25-33/h10,12-15,19-23,25-26,28-29,31,37H,2,9,11,16-18,24,27H2,1,3-8H3/b14-12-,15-13-,30-26-,35-21+. The molecule has 2 rings (SSSR count). The quantitative estimate of drug-likeness (QED) is 0.174. The van der Waals surface area contributed by atoms with Gasteiger partial charge in [-0.05, 0) is 87.5 Å². The van der Waals surface area contributed by atoms with Gasteiger partial charge in [-0.15, -0.1) is 0 Å². The molecule has 1 N–H and O–H groups in total. The van der Waals surface area contributed by atoms with Crippen LogP contribution in [0.4, 0.5) is 0 Å². The largest absolute Gasteiger partial charge is 0.307 e. The van der Waals surface area contributed by atoms with Crippen molar-refractivity contribution in [2.24, 2.45) is 17.8 Å². The van der Waals surface area contributed by atoms with Crippen LogP contribution < -0.4 is 5.32 Å². The van der Waals surface area contributed by atoms with Gasteiger partial charge in [0.1, 0.15) is 0 Å². The van der Waals surface area contributed by atoms with Crippen LogP contribution in [0.15, 0.2) is 107 Å². The van der Waals surface area contributed by atoms with E-state index in [9.17, 15) is 0 Å². The zero-order valence-corrected chi connectivity index (χ0v) is 24.8. The molecule has 0 aromatic heterocycles. The molecular weight excluding hydrogens is 446 g/mol. The van der Waals surface area contributed by atoms with E-state index in [4.69, 9.17) is 0 Å². The van der Waals surface area contributed by atoms with E-state index in [-0.39, 0.29) is 5.54 Å². The summed E-state index contributed by atoms with van der Waals surface area (Å²) in [5.74, 6) is 1.26. The molecule has 37 heavy (non-hydrogen) atoms. The lowest BCUT2D eigenvalue weighted by molar-refractivity contribution is 0.324. The van der Waals surface area contributed by atoms with E-state index >= 15 is 0 Å². The summed E-state index contributed by atoms with van der Waals surface area (Å²) >= 11 is 0. The Morgan fingerprint density at radius 2 is 1.97 bits per heavy atom. The third-order valence-electron chi connectivity index (χ3n) is 8.08. The molecule has 1 nitrogen and oxygen atoms in total. The fourth-order valence-corrected chi connectivity index (χ4v) is 5.44. The van der Waals surface area contributed by atoms with E-state index in [0.29, 0.717) is 17.8 Å². The molecule has 0 bridgehead atoms. The van der Waals surface area contributed by atoms with Crippen LogP contribution in [0.1, 0.15) is 87.0 Å². The van der Waals surface area contributed by atoms with Crippen LogP contribution in [0.3, 0.4) is 0 Å². The van der Waals surface area contributed by atoms with Gasteiger partial charge in [-0.2, -0.15) is 0 Å². The molecule has 0 aliphatic heterocycles. The lowest BCUT2D eigenvalue weighted by Gasteiger charge is -2.41. The number of rotatable bonds is 15. The maximum atomic E-state index is 3.98. The molecule has 0 fully saturated rings. The molecule has 0 aromatic rings. The molecule has 0 heterocycles. The topological polar surface area (TPSA) is 12.0 Å². The van der Waals surface area contributed by atoms with Crippen LogP contribution >= 0.6 is 0 Å². The Hall–Kier alpha value is -2.38. The summed E-state index contributed by atoms with van der Waals surface area (Å²) in [5, 5.41) is 3.98. The molecule has 0 amide bonds. The van der Waals surface area contributed by atoms with Gasteiger partial charge in [-0.1, -0.05) is 125 Å². The zero-order chi connectivity index (χ0) is 27.3. The van der Waals surface area contributed by atoms with E-state index < -0.39 is 0 Å². The van der Waals surface area contributed by atoms with Gasteiger partial charge in [0.2, 0.25) is 0 Å². The Balaban J connectivity index is 2.39. The van der Waals surface area contributed by atoms with Crippen molar-refractivity contribution in [2.45, 2.75) is 92.5 Å². The summed E-state index contributed by atoms with van der Waals surface area (Å²) in [7, 11) is 0. The van der Waals surface area contributed by atoms with Gasteiger partial charge in [0.15, 0.2) is 0 Å². The first kappa shape index (κ1) is 30.8. The second-order valence-electron chi connectivity index (χ2n) is 11.0. The van der Waals surface area contributed by atoms with Gasteiger partial charge in [0, 0.05) is 11.5 Å². The van der Waals surface area contributed by atoms with Crippen molar-refractivity contribution in [3.05, 3.63) is 107 Å². The predicted molar refractivity (Wildman–Crippen MR) is 167 cm³/mol. The van der Waals surface area contributed by atoms with Crippen molar-refractivity contribution < 1.29 is 0 Å². The Morgan fingerprint density at radius 1 is 1.19 bits per heavy atom. The maximum Gasteiger partial charge on any atom is 0.0429 e. The average molecular weight is 500 g/mol. The first-order valence-electron chi connectivity index (χ1n) is 14.6. The van der Waals surface area contributed by atoms with Crippen molar-refractivity contribution >= 4 is 0 Å². The van der Waals surface area contributed by atoms with Gasteiger partial charge in [-0.3, -0.25) is 0 Å². The highest BCUT2D eigenvalue weighted by Crippen LogP contribution is 2.39. The molecular formula is C36H53N. The van der Waals surface area contributed by atoms with Crippen molar-refractivity contribution in [3.63, 3.8) is 0 Å². The minimum atomic E-state index is -0.140. The summed E-state index contributed by atoms with van der Waals surface area (Å²) < 4.78 is 0. The Morgan fingerprint density at radius 3 is 2.62 bits per heavy atom. The molecule has 0 saturated carbocycles. The Kier molecular flexibility index (Phi) is 13.1. The first-order chi connectivity index (χ1) is 17.8. The van der Waals surface area contributed by atoms with Gasteiger partial charge < -0.3 is 5.32 Å². The van der Waals surface area contributed by atoms with E-state index in [0.717, 1.165) is 45.1 Å². The van der Waals surface area contributed by atoms with Crippen molar-refractivity contribution in [3.8, 4) is 0 Å². The molecule has 4 atom stereocenters. The highest BCUT2D eigenvalue weighted by Gasteiger charge is 2.36. The first-order valence-corrected chi connectivity index (χ1v) is 14.6. The Bertz CT molecular complexity index is 990. The van der Waals surface area contributed by atoms with E-state index in [1.807, 2.05) is 12.2 Å². The molecule has 0 saturated heterocycles. The number of hydrogen-bond acceptors (Lipinski definition) is 1. The van der Waals surface area contributed by atoms with E-state index in [1.165, 1.54) is 22.3 Å². The average Bonchev–Trinajstić information content (AvgIpc) is 3.34. The molecule has 4 unspecified atom stereocenters. The molecule has 0 radical (unpaired) electrons. The summed E-state index contributed by atoms with van der Waals surface area (Å²) in [6, 6.07) is 0. The van der Waals surface area contributed by atoms with Crippen LogP contribution in [-0.4, -0.2) is 12.1 Å². The van der Waals surface area contributed by atoms with Gasteiger partial charge >= 0.3 is 0 Å². The number of hydrogen-bond donors (Lipinski definition) is 1. The monoisotopic (exact) mass is 499 g/mol. The summed E-state index contributed by atoms with van der Waals surface area (Å²) in [5.41, 5.74) is 7.21. The highest BCUT2D eigenvalue weighted by atomic mass is 15.0. The molecule has 0 aromatic carbocycles. The van der Waals surface area contributed by atoms with Gasteiger partial charge in [0.05, 0.1) is 0 Å². The fraction of sp³-hybridized carbons (Fsp3) is 0.500. The van der Waals surface area contributed by atoms with Crippen LogP contribution in [0.5, 0.6) is 0 Å². The van der Waals surface area contributed by atoms with Crippen molar-refractivity contribution in [2.75, 3.05) is 6.54 Å². The lowest BCUT2D eigenvalue weighted by Crippen LogP contribution is -2.50. The van der Waals surface area contributed by atoms with Crippen molar-refractivity contribution in [1.29, 1.82) is 0 Å². The second kappa shape index (κ2) is 15.8. The molecule has 0 spiro atoms. The number of allylic oxidation sites excluding steroid dienone is 15.